The molecule has 0 saturated heterocycles. The average molecular weight is 641 g/mol. The zero-order chi connectivity index (χ0) is 31.6. The summed E-state index contributed by atoms with van der Waals surface area (Å²) in [4.78, 5) is 0. The Kier molecular flexibility index (Phi) is 10.7. The predicted octanol–water partition coefficient (Wildman–Crippen LogP) is 8.89. The van der Waals surface area contributed by atoms with Crippen molar-refractivity contribution in [3.8, 4) is 0 Å². The van der Waals surface area contributed by atoms with Gasteiger partial charge in [0.05, 0.1) is 0 Å². The summed E-state index contributed by atoms with van der Waals surface area (Å²) in [6, 6.07) is 42.8. The molecule has 2 heterocycles. The van der Waals surface area contributed by atoms with Gasteiger partial charge < -0.3 is 10.6 Å². The van der Waals surface area contributed by atoms with Crippen LogP contribution in [0.1, 0.15) is 22.5 Å². The Balaban J connectivity index is 0.953. The van der Waals surface area contributed by atoms with E-state index < -0.39 is 0 Å². The fourth-order valence-corrected chi connectivity index (χ4v) is 7.40. The smallest absolute Gasteiger partial charge is 0.212 e. The first-order valence-corrected chi connectivity index (χ1v) is 18.2. The van der Waals surface area contributed by atoms with Crippen molar-refractivity contribution in [3.05, 3.63) is 144 Å². The number of rotatable bonds is 13. The van der Waals surface area contributed by atoms with Gasteiger partial charge in [0, 0.05) is 83.2 Å². The minimum atomic E-state index is 0.916. The molecule has 4 nitrogen and oxygen atoms in total. The molecule has 6 aromatic rings. The van der Waals surface area contributed by atoms with E-state index in [1.807, 2.05) is 21.6 Å². The predicted molar refractivity (Wildman–Crippen MR) is 203 cm³/mol. The topological polar surface area (TPSA) is 31.8 Å². The second-order valence-corrected chi connectivity index (χ2v) is 13.8. The second kappa shape index (κ2) is 15.7. The highest BCUT2D eigenvalue weighted by atomic mass is 33.1. The first-order valence-electron chi connectivity index (χ1n) is 15.7. The number of aryl methyl sites for hydroxylation is 2. The van der Waals surface area contributed by atoms with Gasteiger partial charge in [-0.1, -0.05) is 82.3 Å². The van der Waals surface area contributed by atoms with E-state index >= 15 is 0 Å². The van der Waals surface area contributed by atoms with Gasteiger partial charge in [0.2, 0.25) is 22.4 Å². The molecule has 2 N–H and O–H groups in total. The van der Waals surface area contributed by atoms with Crippen LogP contribution in [0.2, 0.25) is 0 Å². The van der Waals surface area contributed by atoms with Crippen molar-refractivity contribution >= 4 is 79.1 Å². The lowest BCUT2D eigenvalue weighted by molar-refractivity contribution is -0.646. The molecule has 0 amide bonds. The van der Waals surface area contributed by atoms with E-state index in [9.17, 15) is 0 Å². The van der Waals surface area contributed by atoms with E-state index in [-0.39, 0.29) is 0 Å². The third-order valence-electron chi connectivity index (χ3n) is 8.11. The quantitative estimate of drug-likeness (QED) is 0.0750. The number of pyridine rings is 2. The first kappa shape index (κ1) is 31.5. The summed E-state index contributed by atoms with van der Waals surface area (Å²) >= 11 is 0. The van der Waals surface area contributed by atoms with E-state index in [2.05, 4.69) is 179 Å². The average Bonchev–Trinajstić information content (AvgIpc) is 3.10. The standard InChI is InChI=1S/C40H38N4S2/c1-43-35(25-21-33-13-5-9-17-39(33)43)23-19-31-11-3-7-15-37(31)41-27-29-45-46-30-28-42-38-16-8-4-12-32(38)20-24-36-26-22-34-14-6-10-18-40(34)44(36)2/h3-26H,27-30H2,1-2H3/p+2. The Hall–Kier alpha value is -4.52. The summed E-state index contributed by atoms with van der Waals surface area (Å²) in [5.41, 5.74) is 9.52. The Morgan fingerprint density at radius 3 is 1.37 bits per heavy atom. The summed E-state index contributed by atoms with van der Waals surface area (Å²) in [5.74, 6) is 2.06. The SMILES string of the molecule is C[n+]1c(C=Cc2ccccc2NCCSSCCNc2ccccc2C=Cc2ccc3ccccc3[n+]2C)ccc2ccccc21. The molecule has 0 aliphatic carbocycles. The zero-order valence-electron chi connectivity index (χ0n) is 26.4. The maximum absolute atomic E-state index is 3.64. The normalized spacial score (nSPS) is 11.6. The Morgan fingerprint density at radius 2 is 0.891 bits per heavy atom. The highest BCUT2D eigenvalue weighted by Crippen LogP contribution is 2.24. The molecular weight excluding hydrogens is 601 g/mol. The molecular formula is C40H40N4S2+2. The molecule has 0 aliphatic rings. The molecule has 230 valence electrons. The highest BCUT2D eigenvalue weighted by Gasteiger charge is 2.10. The van der Waals surface area contributed by atoms with Crippen LogP contribution in [0, 0.1) is 0 Å². The molecule has 0 bridgehead atoms. The van der Waals surface area contributed by atoms with Crippen LogP contribution < -0.4 is 19.8 Å². The van der Waals surface area contributed by atoms with Crippen molar-refractivity contribution in [2.45, 2.75) is 0 Å². The molecule has 4 aromatic carbocycles. The van der Waals surface area contributed by atoms with E-state index in [4.69, 9.17) is 0 Å². The minimum Gasteiger partial charge on any atom is -0.384 e. The number of nitrogens with zero attached hydrogens (tertiary/aromatic N) is 2. The number of hydrogen-bond donors (Lipinski definition) is 2. The van der Waals surface area contributed by atoms with Gasteiger partial charge in [-0.2, -0.15) is 9.13 Å². The molecule has 0 atom stereocenters. The van der Waals surface area contributed by atoms with E-state index in [1.54, 1.807) is 0 Å². The van der Waals surface area contributed by atoms with E-state index in [1.165, 1.54) is 44.3 Å². The van der Waals surface area contributed by atoms with Crippen molar-refractivity contribution in [2.75, 3.05) is 35.2 Å². The van der Waals surface area contributed by atoms with Gasteiger partial charge in [-0.05, 0) is 59.7 Å². The van der Waals surface area contributed by atoms with Crippen LogP contribution in [0.4, 0.5) is 11.4 Å². The monoisotopic (exact) mass is 640 g/mol. The molecule has 0 radical (unpaired) electrons. The Morgan fingerprint density at radius 1 is 0.478 bits per heavy atom. The molecule has 0 saturated carbocycles. The number of aromatic nitrogens is 2. The fraction of sp³-hybridized carbons (Fsp3) is 0.150. The van der Waals surface area contributed by atoms with Gasteiger partial charge in [-0.25, -0.2) is 0 Å². The Labute approximate surface area is 280 Å². The third-order valence-corrected chi connectivity index (χ3v) is 10.5. The van der Waals surface area contributed by atoms with Gasteiger partial charge >= 0.3 is 0 Å². The van der Waals surface area contributed by atoms with Gasteiger partial charge in [0.25, 0.3) is 0 Å². The van der Waals surface area contributed by atoms with Gasteiger partial charge in [-0.3, -0.25) is 0 Å². The zero-order valence-corrected chi connectivity index (χ0v) is 28.0. The number of nitrogens with one attached hydrogen (secondary N) is 2. The summed E-state index contributed by atoms with van der Waals surface area (Å²) < 4.78 is 4.48. The van der Waals surface area contributed by atoms with Crippen molar-refractivity contribution in [1.29, 1.82) is 0 Å². The van der Waals surface area contributed by atoms with Gasteiger partial charge in [-0.15, -0.1) is 0 Å². The molecule has 2 aromatic heterocycles. The van der Waals surface area contributed by atoms with Crippen molar-refractivity contribution < 1.29 is 9.13 Å². The Bertz CT molecular complexity index is 1860. The van der Waals surface area contributed by atoms with Crippen LogP contribution in [-0.2, 0) is 14.1 Å². The van der Waals surface area contributed by atoms with E-state index in [0.29, 0.717) is 0 Å². The van der Waals surface area contributed by atoms with Crippen LogP contribution in [-0.4, -0.2) is 24.6 Å². The van der Waals surface area contributed by atoms with Crippen molar-refractivity contribution in [3.63, 3.8) is 0 Å². The minimum absolute atomic E-state index is 0.916. The largest absolute Gasteiger partial charge is 0.384 e. The lowest BCUT2D eigenvalue weighted by Gasteiger charge is -2.10. The van der Waals surface area contributed by atoms with Crippen molar-refractivity contribution in [1.82, 2.24) is 0 Å². The summed E-state index contributed by atoms with van der Waals surface area (Å²) in [5, 5.41) is 9.78. The van der Waals surface area contributed by atoms with Gasteiger partial charge in [0.1, 0.15) is 14.1 Å². The van der Waals surface area contributed by atoms with Crippen LogP contribution in [0.25, 0.3) is 46.1 Å². The lowest BCUT2D eigenvalue weighted by Crippen LogP contribution is -2.32. The van der Waals surface area contributed by atoms with Crippen LogP contribution in [0.3, 0.4) is 0 Å². The molecule has 6 rings (SSSR count). The fourth-order valence-electron chi connectivity index (χ4n) is 5.58. The highest BCUT2D eigenvalue weighted by molar-refractivity contribution is 8.76. The van der Waals surface area contributed by atoms with Crippen molar-refractivity contribution in [2.24, 2.45) is 14.1 Å². The molecule has 6 heteroatoms. The number of hydrogen-bond acceptors (Lipinski definition) is 4. The van der Waals surface area contributed by atoms with E-state index in [0.717, 1.165) is 36.0 Å². The number of para-hydroxylation sites is 4. The van der Waals surface area contributed by atoms with Crippen LogP contribution in [0.5, 0.6) is 0 Å². The lowest BCUT2D eigenvalue weighted by atomic mass is 10.1. The molecule has 0 spiro atoms. The summed E-state index contributed by atoms with van der Waals surface area (Å²) in [6.45, 7) is 1.83. The van der Waals surface area contributed by atoms with Crippen LogP contribution >= 0.6 is 21.6 Å². The maximum atomic E-state index is 3.64. The first-order chi connectivity index (χ1) is 22.7. The maximum Gasteiger partial charge on any atom is 0.212 e. The number of benzene rings is 4. The molecule has 0 aliphatic heterocycles. The number of fused-ring (bicyclic) bond motifs is 2. The summed E-state index contributed by atoms with van der Waals surface area (Å²) in [7, 11) is 8.08. The molecule has 46 heavy (non-hydrogen) atoms. The molecule has 0 unspecified atom stereocenters. The third kappa shape index (κ3) is 7.82. The summed E-state index contributed by atoms with van der Waals surface area (Å²) in [6.07, 6.45) is 8.80. The van der Waals surface area contributed by atoms with Gasteiger partial charge in [0.15, 0.2) is 0 Å². The number of anilines is 2. The second-order valence-electron chi connectivity index (χ2n) is 11.1. The molecule has 0 fully saturated rings. The van der Waals surface area contributed by atoms with Crippen LogP contribution in [0.15, 0.2) is 121 Å².